The fourth-order valence-corrected chi connectivity index (χ4v) is 4.15. The number of halogens is 1. The van der Waals surface area contributed by atoms with Gasteiger partial charge in [-0.3, -0.25) is 14.3 Å². The lowest BCUT2D eigenvalue weighted by atomic mass is 10.1. The van der Waals surface area contributed by atoms with Crippen LogP contribution < -0.4 is 0 Å². The minimum absolute atomic E-state index is 0.0682. The van der Waals surface area contributed by atoms with Crippen molar-refractivity contribution in [3.8, 4) is 0 Å². The lowest BCUT2D eigenvalue weighted by Crippen LogP contribution is -2.37. The zero-order chi connectivity index (χ0) is 22.5. The van der Waals surface area contributed by atoms with Crippen LogP contribution in [0.1, 0.15) is 45.3 Å². The number of hydrogen-bond donors (Lipinski definition) is 0. The molecule has 3 aromatic rings. The van der Waals surface area contributed by atoms with Gasteiger partial charge in [-0.2, -0.15) is 5.10 Å². The van der Waals surface area contributed by atoms with Crippen molar-refractivity contribution in [1.82, 2.24) is 19.6 Å². The highest BCUT2D eigenvalue weighted by Gasteiger charge is 2.27. The Labute approximate surface area is 187 Å². The number of benzene rings is 2. The van der Waals surface area contributed by atoms with E-state index in [4.69, 9.17) is 0 Å². The van der Waals surface area contributed by atoms with Gasteiger partial charge in [0.2, 0.25) is 0 Å². The van der Waals surface area contributed by atoms with E-state index in [-0.39, 0.29) is 17.4 Å². The molecule has 0 radical (unpaired) electrons. The van der Waals surface area contributed by atoms with Crippen LogP contribution in [0, 0.1) is 5.82 Å². The highest BCUT2D eigenvalue weighted by atomic mass is 19.1. The molecule has 1 aliphatic heterocycles. The largest absolute Gasteiger partial charge is 0.337 e. The van der Waals surface area contributed by atoms with Crippen molar-refractivity contribution in [1.29, 1.82) is 0 Å². The molecule has 7 heteroatoms. The van der Waals surface area contributed by atoms with E-state index in [1.165, 1.54) is 12.1 Å². The van der Waals surface area contributed by atoms with Crippen LogP contribution in [0.2, 0.25) is 0 Å². The fourth-order valence-electron chi connectivity index (χ4n) is 4.15. The summed E-state index contributed by atoms with van der Waals surface area (Å²) in [6, 6.07) is 16.0. The van der Waals surface area contributed by atoms with Gasteiger partial charge < -0.3 is 9.80 Å². The minimum atomic E-state index is -0.520. The first-order valence-corrected chi connectivity index (χ1v) is 11.0. The summed E-state index contributed by atoms with van der Waals surface area (Å²) in [7, 11) is 0. The Morgan fingerprint density at radius 3 is 2.16 bits per heavy atom. The first-order chi connectivity index (χ1) is 15.6. The highest BCUT2D eigenvalue weighted by Crippen LogP contribution is 2.17. The van der Waals surface area contributed by atoms with Crippen molar-refractivity contribution >= 4 is 11.8 Å². The standard InChI is InChI=1S/C25H27FN4O2/c1-2-23-21(17-27-30(23)18-19-9-4-3-5-10-19)25(32)29-14-8-13-28(15-16-29)24(31)20-11-6-7-12-22(20)26/h3-7,9-12,17H,2,8,13-16,18H2,1H3. The average Bonchev–Trinajstić information content (AvgIpc) is 3.05. The van der Waals surface area contributed by atoms with Crippen molar-refractivity contribution in [3.63, 3.8) is 0 Å². The van der Waals surface area contributed by atoms with Gasteiger partial charge in [0.25, 0.3) is 11.8 Å². The normalized spacial score (nSPS) is 14.3. The van der Waals surface area contributed by atoms with Gasteiger partial charge in [0.05, 0.1) is 29.6 Å². The molecule has 1 aromatic heterocycles. The number of carbonyl (C=O) groups is 2. The van der Waals surface area contributed by atoms with Crippen LogP contribution in [0.5, 0.6) is 0 Å². The second-order valence-corrected chi connectivity index (χ2v) is 7.92. The highest BCUT2D eigenvalue weighted by molar-refractivity contribution is 5.96. The number of hydrogen-bond acceptors (Lipinski definition) is 3. The Bertz CT molecular complexity index is 1100. The fraction of sp³-hybridized carbons (Fsp3) is 0.320. The third kappa shape index (κ3) is 4.56. The minimum Gasteiger partial charge on any atom is -0.337 e. The van der Waals surface area contributed by atoms with Crippen LogP contribution in [-0.2, 0) is 13.0 Å². The Hall–Kier alpha value is -3.48. The van der Waals surface area contributed by atoms with Crippen molar-refractivity contribution in [3.05, 3.63) is 89.0 Å². The van der Waals surface area contributed by atoms with Crippen LogP contribution in [0.25, 0.3) is 0 Å². The Kier molecular flexibility index (Phi) is 6.63. The third-order valence-corrected chi connectivity index (χ3v) is 5.86. The quantitative estimate of drug-likeness (QED) is 0.616. The maximum atomic E-state index is 14.0. The Morgan fingerprint density at radius 1 is 0.875 bits per heavy atom. The summed E-state index contributed by atoms with van der Waals surface area (Å²) in [6.07, 6.45) is 2.99. The summed E-state index contributed by atoms with van der Waals surface area (Å²) in [5, 5.41) is 4.48. The monoisotopic (exact) mass is 434 g/mol. The number of aromatic nitrogens is 2. The van der Waals surface area contributed by atoms with Crippen LogP contribution >= 0.6 is 0 Å². The molecule has 32 heavy (non-hydrogen) atoms. The van der Waals surface area contributed by atoms with Gasteiger partial charge in [-0.25, -0.2) is 4.39 Å². The summed E-state index contributed by atoms with van der Waals surface area (Å²) < 4.78 is 15.9. The SMILES string of the molecule is CCc1c(C(=O)N2CCCN(C(=O)c3ccccc3F)CC2)cnn1Cc1ccccc1. The molecule has 0 saturated carbocycles. The molecule has 0 bridgehead atoms. The van der Waals surface area contributed by atoms with Crippen molar-refractivity contribution in [2.45, 2.75) is 26.3 Å². The third-order valence-electron chi connectivity index (χ3n) is 5.86. The van der Waals surface area contributed by atoms with E-state index in [0.29, 0.717) is 51.1 Å². The van der Waals surface area contributed by atoms with Gasteiger partial charge in [0.15, 0.2) is 0 Å². The van der Waals surface area contributed by atoms with Crippen LogP contribution in [0.3, 0.4) is 0 Å². The second-order valence-electron chi connectivity index (χ2n) is 7.92. The molecule has 2 amide bonds. The van der Waals surface area contributed by atoms with Gasteiger partial charge in [0.1, 0.15) is 5.82 Å². The maximum Gasteiger partial charge on any atom is 0.257 e. The molecule has 1 aliphatic rings. The molecule has 0 unspecified atom stereocenters. The van der Waals surface area contributed by atoms with Gasteiger partial charge in [-0.1, -0.05) is 49.4 Å². The van der Waals surface area contributed by atoms with E-state index in [9.17, 15) is 14.0 Å². The molecular weight excluding hydrogens is 407 g/mol. The predicted octanol–water partition coefficient (Wildman–Crippen LogP) is 3.62. The van der Waals surface area contributed by atoms with E-state index in [1.54, 1.807) is 28.1 Å². The molecule has 0 N–H and O–H groups in total. The first kappa shape index (κ1) is 21.7. The Balaban J connectivity index is 1.46. The van der Waals surface area contributed by atoms with Gasteiger partial charge >= 0.3 is 0 Å². The Morgan fingerprint density at radius 2 is 1.50 bits per heavy atom. The van der Waals surface area contributed by atoms with Crippen LogP contribution in [-0.4, -0.2) is 57.6 Å². The maximum absolute atomic E-state index is 14.0. The molecule has 0 aliphatic carbocycles. The smallest absolute Gasteiger partial charge is 0.257 e. The molecule has 2 heterocycles. The molecule has 6 nitrogen and oxygen atoms in total. The zero-order valence-corrected chi connectivity index (χ0v) is 18.2. The van der Waals surface area contributed by atoms with Crippen LogP contribution in [0.4, 0.5) is 4.39 Å². The molecule has 4 rings (SSSR count). The molecule has 166 valence electrons. The molecule has 1 saturated heterocycles. The van der Waals surface area contributed by atoms with E-state index in [1.807, 2.05) is 41.9 Å². The van der Waals surface area contributed by atoms with E-state index in [2.05, 4.69) is 5.10 Å². The second kappa shape index (κ2) is 9.77. The lowest BCUT2D eigenvalue weighted by molar-refractivity contribution is 0.0715. The molecule has 1 fully saturated rings. The number of amides is 2. The number of nitrogens with zero attached hydrogens (tertiary/aromatic N) is 4. The number of rotatable bonds is 5. The topological polar surface area (TPSA) is 58.4 Å². The average molecular weight is 435 g/mol. The predicted molar refractivity (Wildman–Crippen MR) is 120 cm³/mol. The van der Waals surface area contributed by atoms with Crippen molar-refractivity contribution < 1.29 is 14.0 Å². The van der Waals surface area contributed by atoms with Gasteiger partial charge in [-0.05, 0) is 30.5 Å². The summed E-state index contributed by atoms with van der Waals surface area (Å²) in [6.45, 7) is 4.46. The van der Waals surface area contributed by atoms with Crippen molar-refractivity contribution in [2.24, 2.45) is 0 Å². The first-order valence-electron chi connectivity index (χ1n) is 11.0. The molecule has 0 atom stereocenters. The summed E-state index contributed by atoms with van der Waals surface area (Å²) in [4.78, 5) is 29.5. The van der Waals surface area contributed by atoms with Gasteiger partial charge in [0, 0.05) is 26.2 Å². The molecular formula is C25H27FN4O2. The zero-order valence-electron chi connectivity index (χ0n) is 18.2. The molecule has 2 aromatic carbocycles. The lowest BCUT2D eigenvalue weighted by Gasteiger charge is -2.22. The van der Waals surface area contributed by atoms with Crippen molar-refractivity contribution in [2.75, 3.05) is 26.2 Å². The van der Waals surface area contributed by atoms with E-state index < -0.39 is 5.82 Å². The molecule has 0 spiro atoms. The van der Waals surface area contributed by atoms with Gasteiger partial charge in [-0.15, -0.1) is 0 Å². The summed E-state index contributed by atoms with van der Waals surface area (Å²) in [5.41, 5.74) is 2.71. The number of carbonyl (C=O) groups excluding carboxylic acids is 2. The van der Waals surface area contributed by atoms with E-state index in [0.717, 1.165) is 11.3 Å². The van der Waals surface area contributed by atoms with E-state index >= 15 is 0 Å². The van der Waals surface area contributed by atoms with Crippen LogP contribution in [0.15, 0.2) is 60.8 Å². The summed E-state index contributed by atoms with van der Waals surface area (Å²) in [5.74, 6) is -0.920. The summed E-state index contributed by atoms with van der Waals surface area (Å²) >= 11 is 0.